The van der Waals surface area contributed by atoms with Gasteiger partial charge in [0.05, 0.1) is 12.2 Å². The third-order valence-electron chi connectivity index (χ3n) is 7.16. The molecule has 2 heterocycles. The zero-order valence-electron chi connectivity index (χ0n) is 17.1. The van der Waals surface area contributed by atoms with Gasteiger partial charge in [-0.2, -0.15) is 0 Å². The molecule has 0 aromatic heterocycles. The normalized spacial score (nSPS) is 47.6. The molecule has 5 rings (SSSR count). The Labute approximate surface area is 156 Å². The first kappa shape index (κ1) is 18.6. The minimum atomic E-state index is -1.02. The van der Waals surface area contributed by atoms with Crippen molar-refractivity contribution in [2.24, 2.45) is 11.8 Å². The van der Waals surface area contributed by atoms with Crippen LogP contribution in [0.15, 0.2) is 11.6 Å². The predicted octanol–water partition coefficient (Wildman–Crippen LogP) is 3.41. The van der Waals surface area contributed by atoms with Crippen molar-refractivity contribution in [2.45, 2.75) is 89.0 Å². The van der Waals surface area contributed by atoms with Crippen LogP contribution in [0.1, 0.15) is 60.8 Å². The molecule has 4 bridgehead atoms. The molecule has 0 N–H and O–H groups in total. The quantitative estimate of drug-likeness (QED) is 0.719. The number of allylic oxidation sites excluding steroid dienone is 1. The van der Waals surface area contributed by atoms with E-state index < -0.39 is 28.2 Å². The molecule has 0 aromatic rings. The molecule has 5 aliphatic rings. The number of ether oxygens (including phenoxy) is 4. The van der Waals surface area contributed by atoms with Crippen LogP contribution in [0.2, 0.25) is 0 Å². The summed E-state index contributed by atoms with van der Waals surface area (Å²) in [6, 6.07) is 0. The van der Waals surface area contributed by atoms with Crippen molar-refractivity contribution < 1.29 is 23.7 Å². The van der Waals surface area contributed by atoms with Crippen molar-refractivity contribution >= 4 is 5.78 Å². The maximum atomic E-state index is 13.9. The van der Waals surface area contributed by atoms with Gasteiger partial charge in [-0.15, -0.1) is 0 Å². The molecule has 2 saturated heterocycles. The Hall–Kier alpha value is -0.750. The minimum Gasteiger partial charge on any atom is -0.370 e. The lowest BCUT2D eigenvalue weighted by Crippen LogP contribution is -2.81. The lowest BCUT2D eigenvalue weighted by Gasteiger charge is -2.66. The van der Waals surface area contributed by atoms with Crippen molar-refractivity contribution in [2.75, 3.05) is 13.7 Å². The molecule has 2 aliphatic heterocycles. The molecular weight excluding hydrogens is 332 g/mol. The maximum Gasteiger partial charge on any atom is 0.199 e. The first-order valence-electron chi connectivity index (χ1n) is 9.72. The number of rotatable bonds is 3. The molecule has 146 valence electrons. The second kappa shape index (κ2) is 5.19. The van der Waals surface area contributed by atoms with Gasteiger partial charge in [-0.25, -0.2) is 0 Å². The molecule has 0 aromatic carbocycles. The van der Waals surface area contributed by atoms with Gasteiger partial charge in [0.1, 0.15) is 11.2 Å². The van der Waals surface area contributed by atoms with Crippen LogP contribution >= 0.6 is 0 Å². The van der Waals surface area contributed by atoms with Crippen molar-refractivity contribution in [3.63, 3.8) is 0 Å². The van der Waals surface area contributed by atoms with Gasteiger partial charge in [-0.3, -0.25) is 4.79 Å². The van der Waals surface area contributed by atoms with Gasteiger partial charge in [0.25, 0.3) is 0 Å². The summed E-state index contributed by atoms with van der Waals surface area (Å²) in [6.45, 7) is 12.7. The number of carbonyl (C=O) groups excluding carboxylic acids is 1. The van der Waals surface area contributed by atoms with Gasteiger partial charge in [0.15, 0.2) is 17.2 Å². The first-order valence-corrected chi connectivity index (χ1v) is 9.72. The SMILES string of the molecule is CO[C@]12CC3COC(C)(C)O[C@]34[C@@H](C1)C(C)(C)O[C@@]4(CC=C(C)C)C2=O. The maximum absolute atomic E-state index is 13.9. The average Bonchev–Trinajstić information content (AvgIpc) is 2.69. The summed E-state index contributed by atoms with van der Waals surface area (Å²) in [5.41, 5.74) is -1.77. The number of hydrogen-bond donors (Lipinski definition) is 0. The summed E-state index contributed by atoms with van der Waals surface area (Å²) in [5, 5.41) is 0. The highest BCUT2D eigenvalue weighted by atomic mass is 16.7. The molecule has 0 amide bonds. The Bertz CT molecular complexity index is 676. The second-order valence-electron chi connectivity index (χ2n) is 9.81. The van der Waals surface area contributed by atoms with Crippen LogP contribution in [-0.4, -0.2) is 47.7 Å². The number of carbonyl (C=O) groups is 1. The van der Waals surface area contributed by atoms with E-state index in [1.807, 2.05) is 13.8 Å². The highest BCUT2D eigenvalue weighted by Gasteiger charge is 2.85. The molecular formula is C21H32O5. The van der Waals surface area contributed by atoms with E-state index in [2.05, 4.69) is 33.8 Å². The van der Waals surface area contributed by atoms with Crippen LogP contribution in [0.4, 0.5) is 0 Å². The van der Waals surface area contributed by atoms with E-state index in [0.717, 1.165) is 0 Å². The molecule has 3 aliphatic carbocycles. The Balaban J connectivity index is 1.96. The van der Waals surface area contributed by atoms with E-state index in [-0.39, 0.29) is 17.6 Å². The molecule has 5 nitrogen and oxygen atoms in total. The summed E-state index contributed by atoms with van der Waals surface area (Å²) in [4.78, 5) is 13.9. The van der Waals surface area contributed by atoms with Crippen molar-refractivity contribution in [1.29, 1.82) is 0 Å². The van der Waals surface area contributed by atoms with Gasteiger partial charge in [-0.05, 0) is 54.4 Å². The zero-order valence-corrected chi connectivity index (χ0v) is 17.1. The van der Waals surface area contributed by atoms with Crippen molar-refractivity contribution in [3.05, 3.63) is 11.6 Å². The summed E-state index contributed by atoms with van der Waals surface area (Å²) in [5.74, 6) is -0.514. The van der Waals surface area contributed by atoms with Gasteiger partial charge in [0.2, 0.25) is 0 Å². The molecule has 3 saturated carbocycles. The Morgan fingerprint density at radius 1 is 1.19 bits per heavy atom. The molecule has 26 heavy (non-hydrogen) atoms. The fraction of sp³-hybridized carbons (Fsp3) is 0.857. The number of methoxy groups -OCH3 is 1. The van der Waals surface area contributed by atoms with E-state index in [0.29, 0.717) is 25.9 Å². The van der Waals surface area contributed by atoms with Crippen molar-refractivity contribution in [1.82, 2.24) is 0 Å². The summed E-state index contributed by atoms with van der Waals surface area (Å²) in [6.07, 6.45) is 3.92. The molecule has 5 fully saturated rings. The summed E-state index contributed by atoms with van der Waals surface area (Å²) >= 11 is 0. The smallest absolute Gasteiger partial charge is 0.199 e. The predicted molar refractivity (Wildman–Crippen MR) is 96.8 cm³/mol. The number of hydrogen-bond acceptors (Lipinski definition) is 5. The lowest BCUT2D eigenvalue weighted by atomic mass is 9.46. The fourth-order valence-electron chi connectivity index (χ4n) is 6.21. The van der Waals surface area contributed by atoms with E-state index in [4.69, 9.17) is 18.9 Å². The summed E-state index contributed by atoms with van der Waals surface area (Å²) in [7, 11) is 1.66. The number of ketones is 1. The summed E-state index contributed by atoms with van der Waals surface area (Å²) < 4.78 is 25.3. The molecule has 1 spiro atoms. The van der Waals surface area contributed by atoms with Crippen LogP contribution in [0, 0.1) is 11.8 Å². The Morgan fingerprint density at radius 3 is 2.50 bits per heavy atom. The topological polar surface area (TPSA) is 54.0 Å². The van der Waals surface area contributed by atoms with E-state index in [1.165, 1.54) is 5.57 Å². The van der Waals surface area contributed by atoms with Crippen LogP contribution in [0.25, 0.3) is 0 Å². The standard InChI is InChI=1S/C21H32O5/c1-13(2)8-9-20-16(22)19(23-7)10-14-12-24-18(5,6)26-21(14,20)15(11-19)17(3,4)25-20/h8,14-15H,9-12H2,1-7H3/t14?,15-,19+,20-,21-/m0/s1. The molecule has 1 unspecified atom stereocenters. The molecule has 5 atom stereocenters. The highest BCUT2D eigenvalue weighted by Crippen LogP contribution is 2.70. The second-order valence-corrected chi connectivity index (χ2v) is 9.81. The monoisotopic (exact) mass is 364 g/mol. The Morgan fingerprint density at radius 2 is 1.88 bits per heavy atom. The average molecular weight is 364 g/mol. The third kappa shape index (κ3) is 2.03. The third-order valence-corrected chi connectivity index (χ3v) is 7.16. The lowest BCUT2D eigenvalue weighted by molar-refractivity contribution is -0.384. The van der Waals surface area contributed by atoms with Gasteiger partial charge < -0.3 is 18.9 Å². The highest BCUT2D eigenvalue weighted by molar-refractivity contribution is 5.99. The van der Waals surface area contributed by atoms with Gasteiger partial charge in [0, 0.05) is 25.4 Å². The van der Waals surface area contributed by atoms with Gasteiger partial charge >= 0.3 is 0 Å². The van der Waals surface area contributed by atoms with Crippen LogP contribution < -0.4 is 0 Å². The fourth-order valence-corrected chi connectivity index (χ4v) is 6.21. The van der Waals surface area contributed by atoms with Gasteiger partial charge in [-0.1, -0.05) is 11.6 Å². The van der Waals surface area contributed by atoms with Crippen LogP contribution in [0.5, 0.6) is 0 Å². The van der Waals surface area contributed by atoms with E-state index >= 15 is 0 Å². The van der Waals surface area contributed by atoms with E-state index in [9.17, 15) is 4.79 Å². The van der Waals surface area contributed by atoms with E-state index in [1.54, 1.807) is 7.11 Å². The molecule has 5 heteroatoms. The minimum absolute atomic E-state index is 0.0563. The number of Topliss-reactive ketones (excluding diaryl/α,β-unsaturated/α-hetero) is 1. The van der Waals surface area contributed by atoms with Crippen LogP contribution in [-0.2, 0) is 23.7 Å². The van der Waals surface area contributed by atoms with Crippen molar-refractivity contribution in [3.8, 4) is 0 Å². The Kier molecular flexibility index (Phi) is 3.72. The largest absolute Gasteiger partial charge is 0.370 e. The first-order chi connectivity index (χ1) is 11.9. The van der Waals surface area contributed by atoms with Crippen LogP contribution in [0.3, 0.4) is 0 Å². The molecule has 0 radical (unpaired) electrons. The zero-order chi connectivity index (χ0) is 19.2.